The van der Waals surface area contributed by atoms with Crippen molar-refractivity contribution in [3.8, 4) is 0 Å². The summed E-state index contributed by atoms with van der Waals surface area (Å²) in [6, 6.07) is 5.10. The second-order valence-electron chi connectivity index (χ2n) is 3.16. The molecule has 6 nitrogen and oxygen atoms in total. The van der Waals surface area contributed by atoms with Gasteiger partial charge in [0.15, 0.2) is 5.57 Å². The Bertz CT molecular complexity index is 520. The first kappa shape index (κ1) is 11.1. The molecule has 6 heteroatoms. The van der Waals surface area contributed by atoms with E-state index in [2.05, 4.69) is 15.2 Å². The number of pyridine rings is 1. The van der Waals surface area contributed by atoms with Crippen molar-refractivity contribution in [3.05, 3.63) is 35.7 Å². The Labute approximate surface area is 97.0 Å². The molecule has 1 aliphatic heterocycles. The third-order valence-electron chi connectivity index (χ3n) is 2.08. The van der Waals surface area contributed by atoms with Crippen LogP contribution in [0.1, 0.15) is 12.6 Å². The number of carbonyl (C=O) groups is 2. The van der Waals surface area contributed by atoms with Crippen LogP contribution < -0.4 is 0 Å². The Balaban J connectivity index is 2.44. The van der Waals surface area contributed by atoms with Crippen molar-refractivity contribution in [2.45, 2.75) is 6.92 Å². The van der Waals surface area contributed by atoms with Gasteiger partial charge in [0.2, 0.25) is 0 Å². The second-order valence-corrected chi connectivity index (χ2v) is 3.16. The summed E-state index contributed by atoms with van der Waals surface area (Å²) in [5.74, 6) is -1.41. The van der Waals surface area contributed by atoms with Crippen molar-refractivity contribution in [1.82, 2.24) is 4.98 Å². The zero-order chi connectivity index (χ0) is 12.3. The molecule has 1 amide bonds. The molecule has 0 bridgehead atoms. The Morgan fingerprint density at radius 2 is 2.18 bits per heavy atom. The van der Waals surface area contributed by atoms with E-state index in [-0.39, 0.29) is 17.9 Å². The highest BCUT2D eigenvalue weighted by molar-refractivity contribution is 6.23. The predicted octanol–water partition coefficient (Wildman–Crippen LogP) is 1.35. The lowest BCUT2D eigenvalue weighted by atomic mass is 10.1. The third-order valence-corrected chi connectivity index (χ3v) is 2.08. The summed E-state index contributed by atoms with van der Waals surface area (Å²) in [4.78, 5) is 27.0. The van der Waals surface area contributed by atoms with E-state index >= 15 is 0 Å². The number of carbonyl (C=O) groups excluding carboxylic acids is 2. The van der Waals surface area contributed by atoms with Gasteiger partial charge in [-0.05, 0) is 19.1 Å². The molecular formula is C11H9N3O3. The van der Waals surface area contributed by atoms with Gasteiger partial charge in [0.25, 0.3) is 0 Å². The van der Waals surface area contributed by atoms with E-state index in [1.165, 1.54) is 0 Å². The van der Waals surface area contributed by atoms with E-state index in [0.717, 1.165) is 0 Å². The number of hydrogen-bond acceptors (Lipinski definition) is 5. The van der Waals surface area contributed by atoms with Crippen LogP contribution in [0.15, 0.2) is 40.2 Å². The maximum atomic E-state index is 11.6. The highest BCUT2D eigenvalue weighted by atomic mass is 16.5. The number of hydrogen-bond donors (Lipinski definition) is 0. The maximum Gasteiger partial charge on any atom is 0.346 e. The second kappa shape index (κ2) is 4.65. The molecule has 1 aromatic rings. The lowest BCUT2D eigenvalue weighted by Crippen LogP contribution is -2.13. The van der Waals surface area contributed by atoms with Gasteiger partial charge in [-0.1, -0.05) is 6.07 Å². The predicted molar refractivity (Wildman–Crippen MR) is 57.7 cm³/mol. The third kappa shape index (κ3) is 2.10. The van der Waals surface area contributed by atoms with Crippen LogP contribution in [-0.4, -0.2) is 23.5 Å². The SMILES string of the molecule is CCOC(=O)C1=C(c2ccccn2)N=NC1=O. The van der Waals surface area contributed by atoms with E-state index in [1.54, 1.807) is 31.3 Å². The molecule has 2 rings (SSSR count). The molecule has 0 radical (unpaired) electrons. The zero-order valence-corrected chi connectivity index (χ0v) is 9.08. The van der Waals surface area contributed by atoms with Crippen LogP contribution in [0.25, 0.3) is 5.70 Å². The quantitative estimate of drug-likeness (QED) is 0.580. The number of ether oxygens (including phenoxy) is 1. The first-order valence-corrected chi connectivity index (χ1v) is 5.03. The molecule has 0 fully saturated rings. The number of nitrogens with zero attached hydrogens (tertiary/aromatic N) is 3. The fourth-order valence-electron chi connectivity index (χ4n) is 1.37. The van der Waals surface area contributed by atoms with E-state index in [1.807, 2.05) is 0 Å². The lowest BCUT2D eigenvalue weighted by Gasteiger charge is -2.02. The molecule has 0 saturated heterocycles. The van der Waals surface area contributed by atoms with Gasteiger partial charge in [-0.25, -0.2) is 4.79 Å². The van der Waals surface area contributed by atoms with Crippen molar-refractivity contribution in [1.29, 1.82) is 0 Å². The van der Waals surface area contributed by atoms with Gasteiger partial charge in [0, 0.05) is 6.20 Å². The summed E-state index contributed by atoms with van der Waals surface area (Å²) < 4.78 is 4.78. The normalized spacial score (nSPS) is 14.3. The summed E-state index contributed by atoms with van der Waals surface area (Å²) in [6.07, 6.45) is 1.55. The standard InChI is InChI=1S/C11H9N3O3/c1-2-17-11(16)8-9(13-14-10(8)15)7-5-3-4-6-12-7/h3-6H,2H2,1H3. The Morgan fingerprint density at radius 1 is 1.35 bits per heavy atom. The van der Waals surface area contributed by atoms with Gasteiger partial charge >= 0.3 is 11.9 Å². The summed E-state index contributed by atoms with van der Waals surface area (Å²) in [5.41, 5.74) is 0.421. The molecule has 0 unspecified atom stereocenters. The van der Waals surface area contributed by atoms with Gasteiger partial charge in [0.05, 0.1) is 12.3 Å². The van der Waals surface area contributed by atoms with Gasteiger partial charge in [-0.3, -0.25) is 9.78 Å². The van der Waals surface area contributed by atoms with Crippen LogP contribution in [0.4, 0.5) is 0 Å². The molecule has 2 heterocycles. The highest BCUT2D eigenvalue weighted by Crippen LogP contribution is 2.25. The van der Waals surface area contributed by atoms with Crippen LogP contribution in [0.2, 0.25) is 0 Å². The minimum absolute atomic E-state index is 0.161. The molecule has 0 aliphatic carbocycles. The van der Waals surface area contributed by atoms with Crippen LogP contribution >= 0.6 is 0 Å². The molecule has 1 aliphatic rings. The maximum absolute atomic E-state index is 11.6. The fraction of sp³-hybridized carbons (Fsp3) is 0.182. The molecule has 1 aromatic heterocycles. The topological polar surface area (TPSA) is 81.0 Å². The molecule has 17 heavy (non-hydrogen) atoms. The zero-order valence-electron chi connectivity index (χ0n) is 9.08. The summed E-state index contributed by atoms with van der Waals surface area (Å²) in [7, 11) is 0. The molecule has 0 spiro atoms. The van der Waals surface area contributed by atoms with Gasteiger partial charge in [-0.2, -0.15) is 0 Å². The van der Waals surface area contributed by atoms with Gasteiger partial charge in [0.1, 0.15) is 5.70 Å². The molecule has 86 valence electrons. The van der Waals surface area contributed by atoms with Crippen molar-refractivity contribution < 1.29 is 14.3 Å². The van der Waals surface area contributed by atoms with Crippen LogP contribution in [0, 0.1) is 0 Å². The minimum Gasteiger partial charge on any atom is -0.462 e. The van der Waals surface area contributed by atoms with E-state index < -0.39 is 11.9 Å². The number of azo groups is 1. The fourth-order valence-corrected chi connectivity index (χ4v) is 1.37. The van der Waals surface area contributed by atoms with Crippen LogP contribution in [0.3, 0.4) is 0 Å². The van der Waals surface area contributed by atoms with Crippen molar-refractivity contribution in [2.75, 3.05) is 6.61 Å². The van der Waals surface area contributed by atoms with Gasteiger partial charge < -0.3 is 4.74 Å². The minimum atomic E-state index is -0.719. The first-order chi connectivity index (χ1) is 8.24. The largest absolute Gasteiger partial charge is 0.462 e. The van der Waals surface area contributed by atoms with E-state index in [4.69, 9.17) is 4.74 Å². The first-order valence-electron chi connectivity index (χ1n) is 5.03. The average molecular weight is 231 g/mol. The number of aromatic nitrogens is 1. The highest BCUT2D eigenvalue weighted by Gasteiger charge is 2.30. The molecular weight excluding hydrogens is 222 g/mol. The smallest absolute Gasteiger partial charge is 0.346 e. The van der Waals surface area contributed by atoms with Crippen LogP contribution in [-0.2, 0) is 14.3 Å². The van der Waals surface area contributed by atoms with E-state index in [9.17, 15) is 9.59 Å². The summed E-state index contributed by atoms with van der Waals surface area (Å²) in [6.45, 7) is 1.84. The van der Waals surface area contributed by atoms with Crippen molar-refractivity contribution in [3.63, 3.8) is 0 Å². The van der Waals surface area contributed by atoms with Crippen molar-refractivity contribution >= 4 is 17.6 Å². The van der Waals surface area contributed by atoms with Crippen LogP contribution in [0.5, 0.6) is 0 Å². The molecule has 0 atom stereocenters. The Morgan fingerprint density at radius 3 is 2.82 bits per heavy atom. The molecule has 0 N–H and O–H groups in total. The Hall–Kier alpha value is -2.37. The lowest BCUT2D eigenvalue weighted by molar-refractivity contribution is -0.139. The Kier molecular flexibility index (Phi) is 3.04. The average Bonchev–Trinajstić information content (AvgIpc) is 2.73. The van der Waals surface area contributed by atoms with E-state index in [0.29, 0.717) is 5.69 Å². The molecule has 0 saturated carbocycles. The monoisotopic (exact) mass is 231 g/mol. The number of amides is 1. The number of esters is 1. The summed E-state index contributed by atoms with van der Waals surface area (Å²) in [5, 5.41) is 7.01. The summed E-state index contributed by atoms with van der Waals surface area (Å²) >= 11 is 0. The molecule has 0 aromatic carbocycles. The van der Waals surface area contributed by atoms with Crippen molar-refractivity contribution in [2.24, 2.45) is 10.2 Å². The number of rotatable bonds is 3. The van der Waals surface area contributed by atoms with Gasteiger partial charge in [-0.15, -0.1) is 10.2 Å².